The summed E-state index contributed by atoms with van der Waals surface area (Å²) in [5, 5.41) is 29.1. The van der Waals surface area contributed by atoms with E-state index in [2.05, 4.69) is 6.92 Å². The third-order valence-corrected chi connectivity index (χ3v) is 5.42. The van der Waals surface area contributed by atoms with Crippen LogP contribution in [0.5, 0.6) is 0 Å². The summed E-state index contributed by atoms with van der Waals surface area (Å²) in [5.74, 6) is -0.577. The normalized spacial score (nSPS) is 25.8. The van der Waals surface area contributed by atoms with Gasteiger partial charge in [-0.25, -0.2) is 0 Å². The highest BCUT2D eigenvalue weighted by molar-refractivity contribution is 5.78. The molecule has 0 bridgehead atoms. The molecule has 0 spiro atoms. The molecule has 5 heteroatoms. The largest absolute Gasteiger partial charge is 0.481 e. The van der Waals surface area contributed by atoms with Gasteiger partial charge in [0, 0.05) is 19.3 Å². The van der Waals surface area contributed by atoms with Crippen molar-refractivity contribution in [3.05, 3.63) is 12.2 Å². The second-order valence-corrected chi connectivity index (χ2v) is 7.58. The molecule has 0 aromatic rings. The summed E-state index contributed by atoms with van der Waals surface area (Å²) in [7, 11) is 0. The highest BCUT2D eigenvalue weighted by Crippen LogP contribution is 2.38. The monoisotopic (exact) mass is 368 g/mol. The summed E-state index contributed by atoms with van der Waals surface area (Å²) >= 11 is 0. The minimum atomic E-state index is -0.785. The Hall–Kier alpha value is -1.20. The van der Waals surface area contributed by atoms with Gasteiger partial charge in [-0.2, -0.15) is 0 Å². The van der Waals surface area contributed by atoms with E-state index in [9.17, 15) is 19.8 Å². The maximum Gasteiger partial charge on any atom is 0.303 e. The number of carboxylic acid groups (broad SMARTS) is 1. The zero-order valence-corrected chi connectivity index (χ0v) is 16.1. The minimum absolute atomic E-state index is 0.0198. The van der Waals surface area contributed by atoms with Gasteiger partial charge in [0.2, 0.25) is 0 Å². The van der Waals surface area contributed by atoms with Crippen molar-refractivity contribution in [2.24, 2.45) is 11.8 Å². The van der Waals surface area contributed by atoms with Crippen molar-refractivity contribution in [2.45, 2.75) is 96.2 Å². The Morgan fingerprint density at radius 3 is 2.35 bits per heavy atom. The number of rotatable bonds is 14. The van der Waals surface area contributed by atoms with Gasteiger partial charge in [-0.1, -0.05) is 38.3 Å². The van der Waals surface area contributed by atoms with Crippen LogP contribution in [0.1, 0.15) is 84.0 Å². The van der Waals surface area contributed by atoms with Crippen molar-refractivity contribution in [3.8, 4) is 0 Å². The van der Waals surface area contributed by atoms with Gasteiger partial charge < -0.3 is 15.3 Å². The molecule has 0 aromatic carbocycles. The molecule has 0 radical (unpaired) electrons. The molecule has 1 aliphatic rings. The summed E-state index contributed by atoms with van der Waals surface area (Å²) < 4.78 is 0. The number of hydrogen-bond acceptors (Lipinski definition) is 4. The molecule has 1 rings (SSSR count). The van der Waals surface area contributed by atoms with Crippen molar-refractivity contribution in [3.63, 3.8) is 0 Å². The van der Waals surface area contributed by atoms with Crippen molar-refractivity contribution in [2.75, 3.05) is 0 Å². The number of carbonyl (C=O) groups excluding carboxylic acids is 1. The van der Waals surface area contributed by atoms with E-state index in [1.54, 1.807) is 0 Å². The van der Waals surface area contributed by atoms with E-state index in [1.807, 2.05) is 12.2 Å². The third-order valence-electron chi connectivity index (χ3n) is 5.42. The second-order valence-electron chi connectivity index (χ2n) is 7.58. The average Bonchev–Trinajstić information content (AvgIpc) is 2.85. The van der Waals surface area contributed by atoms with Gasteiger partial charge in [-0.15, -0.1) is 0 Å². The predicted octanol–water partition coefficient (Wildman–Crippen LogP) is 3.87. The SMILES string of the molecule is CCCCCCC(=O)CC[C@@H]1[C@@H](C/C=C\CCCC(=O)O)[C@H](O)C[C@H]1O. The molecule has 0 aliphatic heterocycles. The van der Waals surface area contributed by atoms with Crippen LogP contribution in [-0.2, 0) is 9.59 Å². The standard InChI is InChI=1S/C21H36O5/c1-2-3-4-7-10-16(22)13-14-18-17(19(23)15-20(18)24)11-8-5-6-9-12-21(25)26/h5,8,17-20,23-24H,2-4,6-7,9-15H2,1H3,(H,25,26)/b8-5-/t17-,18-,19-,20-/m1/s1. The Morgan fingerprint density at radius 1 is 0.923 bits per heavy atom. The van der Waals surface area contributed by atoms with E-state index >= 15 is 0 Å². The zero-order chi connectivity index (χ0) is 19.4. The van der Waals surface area contributed by atoms with Gasteiger partial charge in [-0.05, 0) is 50.4 Å². The third kappa shape index (κ3) is 8.95. The summed E-state index contributed by atoms with van der Waals surface area (Å²) in [6.07, 6.45) is 11.5. The van der Waals surface area contributed by atoms with Crippen LogP contribution in [-0.4, -0.2) is 39.3 Å². The van der Waals surface area contributed by atoms with Crippen LogP contribution in [0.2, 0.25) is 0 Å². The molecule has 0 saturated heterocycles. The number of carbonyl (C=O) groups is 2. The van der Waals surface area contributed by atoms with Crippen molar-refractivity contribution < 1.29 is 24.9 Å². The fraction of sp³-hybridized carbons (Fsp3) is 0.810. The van der Waals surface area contributed by atoms with Gasteiger partial charge in [0.1, 0.15) is 5.78 Å². The van der Waals surface area contributed by atoms with Gasteiger partial charge >= 0.3 is 5.97 Å². The Balaban J connectivity index is 2.35. The van der Waals surface area contributed by atoms with Gasteiger partial charge in [0.25, 0.3) is 0 Å². The molecule has 0 amide bonds. The number of carboxylic acids is 1. The lowest BCUT2D eigenvalue weighted by atomic mass is 9.86. The number of aliphatic hydroxyl groups excluding tert-OH is 2. The maximum atomic E-state index is 12.0. The number of aliphatic hydroxyl groups is 2. The number of unbranched alkanes of at least 4 members (excludes halogenated alkanes) is 4. The van der Waals surface area contributed by atoms with Gasteiger partial charge in [0.15, 0.2) is 0 Å². The van der Waals surface area contributed by atoms with Crippen LogP contribution in [0.4, 0.5) is 0 Å². The lowest BCUT2D eigenvalue weighted by Gasteiger charge is -2.22. The molecule has 26 heavy (non-hydrogen) atoms. The molecule has 0 unspecified atom stereocenters. The van der Waals surface area contributed by atoms with Crippen LogP contribution in [0.15, 0.2) is 12.2 Å². The summed E-state index contributed by atoms with van der Waals surface area (Å²) in [6, 6.07) is 0. The summed E-state index contributed by atoms with van der Waals surface area (Å²) in [4.78, 5) is 22.5. The van der Waals surface area contributed by atoms with Crippen LogP contribution in [0.3, 0.4) is 0 Å². The van der Waals surface area contributed by atoms with Gasteiger partial charge in [0.05, 0.1) is 12.2 Å². The first-order valence-corrected chi connectivity index (χ1v) is 10.2. The van der Waals surface area contributed by atoms with E-state index in [-0.39, 0.29) is 24.0 Å². The minimum Gasteiger partial charge on any atom is -0.481 e. The number of hydrogen-bond donors (Lipinski definition) is 3. The fourth-order valence-corrected chi connectivity index (χ4v) is 3.85. The lowest BCUT2D eigenvalue weighted by Crippen LogP contribution is -2.22. The molecular weight excluding hydrogens is 332 g/mol. The second kappa shape index (κ2) is 13.0. The lowest BCUT2D eigenvalue weighted by molar-refractivity contribution is -0.137. The molecule has 5 nitrogen and oxygen atoms in total. The molecule has 1 aliphatic carbocycles. The van der Waals surface area contributed by atoms with Crippen molar-refractivity contribution in [1.82, 2.24) is 0 Å². The quantitative estimate of drug-likeness (QED) is 0.320. The predicted molar refractivity (Wildman–Crippen MR) is 102 cm³/mol. The Morgan fingerprint density at radius 2 is 1.65 bits per heavy atom. The number of Topliss-reactive ketones (excluding diaryl/α,β-unsaturated/α-hetero) is 1. The zero-order valence-electron chi connectivity index (χ0n) is 16.1. The first kappa shape index (κ1) is 22.8. The fourth-order valence-electron chi connectivity index (χ4n) is 3.85. The molecule has 4 atom stereocenters. The Kier molecular flexibility index (Phi) is 11.5. The van der Waals surface area contributed by atoms with Crippen LogP contribution in [0.25, 0.3) is 0 Å². The topological polar surface area (TPSA) is 94.8 Å². The van der Waals surface area contributed by atoms with E-state index in [1.165, 1.54) is 6.42 Å². The van der Waals surface area contributed by atoms with Gasteiger partial charge in [-0.3, -0.25) is 9.59 Å². The number of aliphatic carboxylic acids is 1. The van der Waals surface area contributed by atoms with Crippen LogP contribution in [0, 0.1) is 11.8 Å². The highest BCUT2D eigenvalue weighted by atomic mass is 16.4. The molecule has 150 valence electrons. The molecule has 1 saturated carbocycles. The van der Waals surface area contributed by atoms with Crippen molar-refractivity contribution in [1.29, 1.82) is 0 Å². The van der Waals surface area contributed by atoms with E-state index in [0.717, 1.165) is 19.3 Å². The average molecular weight is 369 g/mol. The first-order valence-electron chi connectivity index (χ1n) is 10.2. The number of allylic oxidation sites excluding steroid dienone is 2. The highest BCUT2D eigenvalue weighted by Gasteiger charge is 2.40. The molecule has 0 heterocycles. The summed E-state index contributed by atoms with van der Waals surface area (Å²) in [6.45, 7) is 2.15. The molecule has 3 N–H and O–H groups in total. The first-order chi connectivity index (χ1) is 12.5. The maximum absolute atomic E-state index is 12.0. The summed E-state index contributed by atoms with van der Waals surface area (Å²) in [5.41, 5.74) is 0. The smallest absolute Gasteiger partial charge is 0.303 e. The van der Waals surface area contributed by atoms with Crippen LogP contribution >= 0.6 is 0 Å². The van der Waals surface area contributed by atoms with Crippen LogP contribution < -0.4 is 0 Å². The Labute approximate surface area is 157 Å². The molecular formula is C21H36O5. The molecule has 0 aromatic heterocycles. The van der Waals surface area contributed by atoms with E-state index < -0.39 is 18.2 Å². The number of ketones is 1. The Bertz CT molecular complexity index is 446. The van der Waals surface area contributed by atoms with E-state index in [4.69, 9.17) is 5.11 Å². The van der Waals surface area contributed by atoms with Crippen molar-refractivity contribution >= 4 is 11.8 Å². The van der Waals surface area contributed by atoms with E-state index in [0.29, 0.717) is 44.9 Å². The molecule has 1 fully saturated rings.